The molecule has 0 amide bonds. The van der Waals surface area contributed by atoms with Gasteiger partial charge in [0.15, 0.2) is 0 Å². The summed E-state index contributed by atoms with van der Waals surface area (Å²) in [5, 5.41) is 26.6. The first-order valence-electron chi connectivity index (χ1n) is 5.47. The standard InChI is InChI=1S/C11H19NO6/c1-12(2,3)11(6-9(15)16,7-10(17)18)5-4-8(13)14/h4-7H2,1-3H3,(H2-,13,14,15,16,17,18)/p+1. The number of nitrogens with zero attached hydrogens (tertiary/aromatic N) is 1. The molecule has 0 aromatic rings. The SMILES string of the molecule is C[N+](C)(C)C(CCC(=O)O)(CC(=O)O)CC(=O)O. The van der Waals surface area contributed by atoms with E-state index in [1.54, 1.807) is 21.1 Å². The summed E-state index contributed by atoms with van der Waals surface area (Å²) in [7, 11) is 5.02. The third-order valence-corrected chi connectivity index (χ3v) is 3.19. The smallest absolute Gasteiger partial charge is 0.309 e. The molecular weight excluding hydrogens is 242 g/mol. The Morgan fingerprint density at radius 2 is 1.28 bits per heavy atom. The molecule has 0 rings (SSSR count). The first kappa shape index (κ1) is 16.4. The maximum atomic E-state index is 10.9. The molecule has 0 aliphatic rings. The van der Waals surface area contributed by atoms with Crippen molar-refractivity contribution in [2.45, 2.75) is 31.2 Å². The van der Waals surface area contributed by atoms with E-state index in [0.717, 1.165) is 0 Å². The fraction of sp³-hybridized carbons (Fsp3) is 0.727. The Morgan fingerprint density at radius 1 is 0.889 bits per heavy atom. The van der Waals surface area contributed by atoms with Crippen LogP contribution in [0.1, 0.15) is 25.7 Å². The second kappa shape index (κ2) is 5.81. The normalized spacial score (nSPS) is 12.2. The van der Waals surface area contributed by atoms with Crippen LogP contribution in [0, 0.1) is 0 Å². The van der Waals surface area contributed by atoms with Gasteiger partial charge in [0.05, 0.1) is 27.6 Å². The Balaban J connectivity index is 5.31. The quantitative estimate of drug-likeness (QED) is 0.540. The van der Waals surface area contributed by atoms with E-state index in [-0.39, 0.29) is 30.2 Å². The van der Waals surface area contributed by atoms with Crippen molar-refractivity contribution in [3.8, 4) is 0 Å². The molecule has 7 nitrogen and oxygen atoms in total. The number of aliphatic carboxylic acids is 3. The molecule has 0 radical (unpaired) electrons. The summed E-state index contributed by atoms with van der Waals surface area (Å²) < 4.78 is 0.0822. The third kappa shape index (κ3) is 4.70. The van der Waals surface area contributed by atoms with Crippen LogP contribution in [0.25, 0.3) is 0 Å². The van der Waals surface area contributed by atoms with Crippen LogP contribution in [-0.4, -0.2) is 64.4 Å². The Bertz CT molecular complexity index is 328. The van der Waals surface area contributed by atoms with Crippen molar-refractivity contribution in [1.29, 1.82) is 0 Å². The molecular formula is C11H20NO6+. The van der Waals surface area contributed by atoms with Crippen molar-refractivity contribution in [2.75, 3.05) is 21.1 Å². The van der Waals surface area contributed by atoms with Gasteiger partial charge in [0.2, 0.25) is 0 Å². The lowest BCUT2D eigenvalue weighted by molar-refractivity contribution is -0.923. The van der Waals surface area contributed by atoms with Crippen LogP contribution in [0.4, 0.5) is 0 Å². The van der Waals surface area contributed by atoms with E-state index in [1.807, 2.05) is 0 Å². The molecule has 0 aromatic carbocycles. The van der Waals surface area contributed by atoms with E-state index in [4.69, 9.17) is 15.3 Å². The number of rotatable bonds is 8. The Labute approximate surface area is 105 Å². The molecule has 3 N–H and O–H groups in total. The van der Waals surface area contributed by atoms with E-state index in [2.05, 4.69) is 0 Å². The molecule has 0 heterocycles. The predicted molar refractivity (Wildman–Crippen MR) is 62.1 cm³/mol. The molecule has 0 unspecified atom stereocenters. The average Bonchev–Trinajstić information content (AvgIpc) is 2.10. The zero-order chi connectivity index (χ0) is 14.6. The van der Waals surface area contributed by atoms with Gasteiger partial charge in [0, 0.05) is 6.42 Å². The molecule has 0 spiro atoms. The second-order valence-electron chi connectivity index (χ2n) is 5.27. The summed E-state index contributed by atoms with van der Waals surface area (Å²) in [6.07, 6.45) is -1.01. The minimum atomic E-state index is -1.13. The van der Waals surface area contributed by atoms with Crippen LogP contribution in [0.5, 0.6) is 0 Å². The summed E-state index contributed by atoms with van der Waals surface area (Å²) in [4.78, 5) is 32.5. The summed E-state index contributed by atoms with van der Waals surface area (Å²) in [5.74, 6) is -3.33. The Kier molecular flexibility index (Phi) is 5.29. The first-order valence-corrected chi connectivity index (χ1v) is 5.47. The van der Waals surface area contributed by atoms with Crippen LogP contribution >= 0.6 is 0 Å². The summed E-state index contributed by atoms with van der Waals surface area (Å²) in [6, 6.07) is 0. The van der Waals surface area contributed by atoms with Gasteiger partial charge in [-0.05, 0) is 0 Å². The largest absolute Gasteiger partial charge is 0.481 e. The van der Waals surface area contributed by atoms with Gasteiger partial charge in [-0.3, -0.25) is 14.4 Å². The van der Waals surface area contributed by atoms with Crippen molar-refractivity contribution in [2.24, 2.45) is 0 Å². The van der Waals surface area contributed by atoms with Gasteiger partial charge < -0.3 is 19.8 Å². The summed E-state index contributed by atoms with van der Waals surface area (Å²) in [5.41, 5.74) is -1.13. The number of carbonyl (C=O) groups is 3. The van der Waals surface area contributed by atoms with Crippen LogP contribution in [0.3, 0.4) is 0 Å². The molecule has 0 atom stereocenters. The number of quaternary nitrogens is 1. The maximum Gasteiger partial charge on any atom is 0.309 e. The lowest BCUT2D eigenvalue weighted by Crippen LogP contribution is -2.59. The van der Waals surface area contributed by atoms with E-state index in [1.165, 1.54) is 0 Å². The van der Waals surface area contributed by atoms with Crippen molar-refractivity contribution >= 4 is 17.9 Å². The van der Waals surface area contributed by atoms with Gasteiger partial charge in [-0.25, -0.2) is 0 Å². The number of carboxylic acids is 3. The van der Waals surface area contributed by atoms with Gasteiger partial charge in [0.25, 0.3) is 0 Å². The molecule has 18 heavy (non-hydrogen) atoms. The molecule has 0 aromatic heterocycles. The highest BCUT2D eigenvalue weighted by Gasteiger charge is 2.46. The van der Waals surface area contributed by atoms with Crippen LogP contribution in [0.2, 0.25) is 0 Å². The van der Waals surface area contributed by atoms with E-state index < -0.39 is 23.4 Å². The fourth-order valence-electron chi connectivity index (χ4n) is 1.95. The predicted octanol–water partition coefficient (Wildman–Crippen LogP) is 0.246. The Morgan fingerprint density at radius 3 is 1.50 bits per heavy atom. The van der Waals surface area contributed by atoms with Gasteiger partial charge in [0.1, 0.15) is 18.4 Å². The van der Waals surface area contributed by atoms with Crippen molar-refractivity contribution in [3.63, 3.8) is 0 Å². The molecule has 0 saturated heterocycles. The molecule has 0 aliphatic carbocycles. The topological polar surface area (TPSA) is 112 Å². The second-order valence-corrected chi connectivity index (χ2v) is 5.27. The minimum Gasteiger partial charge on any atom is -0.481 e. The average molecular weight is 262 g/mol. The number of hydrogen-bond donors (Lipinski definition) is 3. The third-order valence-electron chi connectivity index (χ3n) is 3.19. The van der Waals surface area contributed by atoms with Gasteiger partial charge in [-0.15, -0.1) is 0 Å². The zero-order valence-electron chi connectivity index (χ0n) is 10.8. The van der Waals surface area contributed by atoms with Crippen molar-refractivity contribution in [3.05, 3.63) is 0 Å². The lowest BCUT2D eigenvalue weighted by atomic mass is 9.83. The number of carboxylic acid groups (broad SMARTS) is 3. The Hall–Kier alpha value is -1.63. The van der Waals surface area contributed by atoms with E-state index in [0.29, 0.717) is 0 Å². The van der Waals surface area contributed by atoms with Gasteiger partial charge >= 0.3 is 17.9 Å². The fourth-order valence-corrected chi connectivity index (χ4v) is 1.95. The molecule has 0 fully saturated rings. The zero-order valence-corrected chi connectivity index (χ0v) is 10.8. The molecule has 104 valence electrons. The monoisotopic (exact) mass is 262 g/mol. The van der Waals surface area contributed by atoms with E-state index >= 15 is 0 Å². The molecule has 7 heteroatoms. The first-order chi connectivity index (χ1) is 8.00. The molecule has 0 saturated carbocycles. The minimum absolute atomic E-state index is 0.00440. The highest BCUT2D eigenvalue weighted by molar-refractivity contribution is 5.73. The van der Waals surface area contributed by atoms with Crippen molar-refractivity contribution < 1.29 is 34.2 Å². The van der Waals surface area contributed by atoms with Crippen LogP contribution in [-0.2, 0) is 14.4 Å². The summed E-state index contributed by atoms with van der Waals surface area (Å²) in [6.45, 7) is 0. The van der Waals surface area contributed by atoms with Gasteiger partial charge in [-0.2, -0.15) is 0 Å². The summed E-state index contributed by atoms with van der Waals surface area (Å²) >= 11 is 0. The van der Waals surface area contributed by atoms with Gasteiger partial charge in [-0.1, -0.05) is 0 Å². The maximum absolute atomic E-state index is 10.9. The van der Waals surface area contributed by atoms with Crippen LogP contribution < -0.4 is 0 Å². The van der Waals surface area contributed by atoms with Crippen molar-refractivity contribution in [1.82, 2.24) is 0 Å². The highest BCUT2D eigenvalue weighted by atomic mass is 16.4. The lowest BCUT2D eigenvalue weighted by Gasteiger charge is -2.44. The van der Waals surface area contributed by atoms with E-state index in [9.17, 15) is 14.4 Å². The molecule has 0 aliphatic heterocycles. The molecule has 0 bridgehead atoms. The van der Waals surface area contributed by atoms with Crippen LogP contribution in [0.15, 0.2) is 0 Å². The number of hydrogen-bond acceptors (Lipinski definition) is 3. The highest BCUT2D eigenvalue weighted by Crippen LogP contribution is 2.32.